The first kappa shape index (κ1) is 26.1. The lowest BCUT2D eigenvalue weighted by atomic mass is 10.2. The molecule has 10 heteroatoms. The lowest BCUT2D eigenvalue weighted by Crippen LogP contribution is -2.41. The molecule has 3 rings (SSSR count). The van der Waals surface area contributed by atoms with Crippen LogP contribution < -0.4 is 9.04 Å². The van der Waals surface area contributed by atoms with E-state index in [1.54, 1.807) is 43.3 Å². The maximum atomic E-state index is 13.5. The van der Waals surface area contributed by atoms with Gasteiger partial charge in [-0.1, -0.05) is 42.0 Å². The largest absolute Gasteiger partial charge is 0.496 e. The average molecular weight is 507 g/mol. The standard InChI is InChI=1S/C25H25F3N2O4S/c1-18-11-13-22(14-12-18)35(32,33)30(21-9-6-8-20(15-21)25(26,27)28)17-24(31)29(2)16-19-7-4-5-10-23(19)34-3/h4-15H,16-17H2,1-3H3. The highest BCUT2D eigenvalue weighted by Gasteiger charge is 2.33. The Bertz CT molecular complexity index is 1290. The number of anilines is 1. The maximum absolute atomic E-state index is 13.5. The van der Waals surface area contributed by atoms with Gasteiger partial charge in [0.15, 0.2) is 0 Å². The number of sulfonamides is 1. The van der Waals surface area contributed by atoms with Crippen molar-refractivity contribution in [3.63, 3.8) is 0 Å². The lowest BCUT2D eigenvalue weighted by Gasteiger charge is -2.27. The minimum Gasteiger partial charge on any atom is -0.496 e. The van der Waals surface area contributed by atoms with Crippen molar-refractivity contribution in [2.24, 2.45) is 0 Å². The summed E-state index contributed by atoms with van der Waals surface area (Å²) < 4.78 is 73.0. The molecule has 6 nitrogen and oxygen atoms in total. The number of carbonyl (C=O) groups excluding carboxylic acids is 1. The third-order valence-electron chi connectivity index (χ3n) is 5.38. The predicted molar refractivity (Wildman–Crippen MR) is 127 cm³/mol. The summed E-state index contributed by atoms with van der Waals surface area (Å²) >= 11 is 0. The number of hydrogen-bond acceptors (Lipinski definition) is 4. The first-order chi connectivity index (χ1) is 16.4. The van der Waals surface area contributed by atoms with Crippen LogP contribution in [-0.4, -0.2) is 39.9 Å². The van der Waals surface area contributed by atoms with E-state index in [0.717, 1.165) is 23.8 Å². The number of amides is 1. The van der Waals surface area contributed by atoms with Gasteiger partial charge in [0, 0.05) is 19.2 Å². The minimum atomic E-state index is -4.68. The molecule has 35 heavy (non-hydrogen) atoms. The molecule has 0 heterocycles. The lowest BCUT2D eigenvalue weighted by molar-refractivity contribution is -0.137. The van der Waals surface area contributed by atoms with Crippen LogP contribution in [0.3, 0.4) is 0 Å². The highest BCUT2D eigenvalue weighted by atomic mass is 32.2. The Hall–Kier alpha value is -3.53. The number of hydrogen-bond donors (Lipinski definition) is 0. The van der Waals surface area contributed by atoms with Gasteiger partial charge in [-0.05, 0) is 43.3 Å². The fourth-order valence-corrected chi connectivity index (χ4v) is 4.82. The van der Waals surface area contributed by atoms with Crippen LogP contribution in [0.15, 0.2) is 77.7 Å². The van der Waals surface area contributed by atoms with E-state index in [2.05, 4.69) is 0 Å². The summed E-state index contributed by atoms with van der Waals surface area (Å²) in [6, 6.07) is 16.8. The molecule has 0 radical (unpaired) electrons. The minimum absolute atomic E-state index is 0.115. The van der Waals surface area contributed by atoms with Crippen LogP contribution >= 0.6 is 0 Å². The van der Waals surface area contributed by atoms with Crippen LogP contribution in [0.1, 0.15) is 16.7 Å². The van der Waals surface area contributed by atoms with E-state index < -0.39 is 34.2 Å². The second-order valence-corrected chi connectivity index (χ2v) is 9.80. The van der Waals surface area contributed by atoms with Gasteiger partial charge in [-0.15, -0.1) is 0 Å². The van der Waals surface area contributed by atoms with E-state index in [9.17, 15) is 26.4 Å². The smallest absolute Gasteiger partial charge is 0.416 e. The summed E-state index contributed by atoms with van der Waals surface area (Å²) in [4.78, 5) is 14.3. The summed E-state index contributed by atoms with van der Waals surface area (Å²) in [5.74, 6) is -0.0573. The van der Waals surface area contributed by atoms with Crippen molar-refractivity contribution in [3.8, 4) is 5.75 Å². The summed E-state index contributed by atoms with van der Waals surface area (Å²) in [5, 5.41) is 0. The van der Waals surface area contributed by atoms with E-state index in [0.29, 0.717) is 15.6 Å². The number of likely N-dealkylation sites (N-methyl/N-ethyl adjacent to an activating group) is 1. The molecule has 0 aliphatic carbocycles. The Labute approximate surface area is 202 Å². The Kier molecular flexibility index (Phi) is 7.74. The van der Waals surface area contributed by atoms with Gasteiger partial charge in [-0.2, -0.15) is 13.2 Å². The molecule has 0 saturated heterocycles. The highest BCUT2D eigenvalue weighted by Crippen LogP contribution is 2.33. The number of nitrogens with zero attached hydrogens (tertiary/aromatic N) is 2. The fraction of sp³-hybridized carbons (Fsp3) is 0.240. The van der Waals surface area contributed by atoms with Crippen LogP contribution in [0.2, 0.25) is 0 Å². The Balaban J connectivity index is 1.98. The molecule has 186 valence electrons. The number of halogens is 3. The third-order valence-corrected chi connectivity index (χ3v) is 7.16. The van der Waals surface area contributed by atoms with Crippen molar-refractivity contribution in [2.75, 3.05) is 25.0 Å². The summed E-state index contributed by atoms with van der Waals surface area (Å²) in [6.45, 7) is 1.20. The summed E-state index contributed by atoms with van der Waals surface area (Å²) in [5.41, 5.74) is 0.216. The molecule has 0 spiro atoms. The molecule has 0 aliphatic rings. The molecule has 0 fully saturated rings. The first-order valence-electron chi connectivity index (χ1n) is 10.6. The molecule has 0 aliphatic heterocycles. The molecule has 3 aromatic rings. The van der Waals surface area contributed by atoms with Crippen molar-refractivity contribution >= 4 is 21.6 Å². The monoisotopic (exact) mass is 506 g/mol. The Morgan fingerprint density at radius 3 is 2.26 bits per heavy atom. The van der Waals surface area contributed by atoms with Crippen LogP contribution in [0.5, 0.6) is 5.75 Å². The van der Waals surface area contributed by atoms with E-state index >= 15 is 0 Å². The zero-order valence-electron chi connectivity index (χ0n) is 19.4. The molecule has 0 aromatic heterocycles. The number of rotatable bonds is 8. The second-order valence-electron chi connectivity index (χ2n) is 7.93. The zero-order chi connectivity index (χ0) is 25.8. The number of methoxy groups -OCH3 is 1. The molecule has 0 saturated carbocycles. The maximum Gasteiger partial charge on any atom is 0.416 e. The molecule has 3 aromatic carbocycles. The number of ether oxygens (including phenoxy) is 1. The van der Waals surface area contributed by atoms with Crippen LogP contribution in [-0.2, 0) is 27.5 Å². The number of aryl methyl sites for hydroxylation is 1. The van der Waals surface area contributed by atoms with Crippen LogP contribution in [0, 0.1) is 6.92 Å². The summed E-state index contributed by atoms with van der Waals surface area (Å²) in [7, 11) is -1.38. The van der Waals surface area contributed by atoms with Gasteiger partial charge in [-0.3, -0.25) is 9.10 Å². The quantitative estimate of drug-likeness (QED) is 0.437. The van der Waals surface area contributed by atoms with Crippen molar-refractivity contribution < 1.29 is 31.1 Å². The van der Waals surface area contributed by atoms with Gasteiger partial charge >= 0.3 is 6.18 Å². The Morgan fingerprint density at radius 1 is 0.971 bits per heavy atom. The van der Waals surface area contributed by atoms with Gasteiger partial charge in [0.2, 0.25) is 5.91 Å². The van der Waals surface area contributed by atoms with Crippen molar-refractivity contribution in [1.82, 2.24) is 4.90 Å². The van der Waals surface area contributed by atoms with Gasteiger partial charge in [0.05, 0.1) is 23.3 Å². The molecule has 0 bridgehead atoms. The van der Waals surface area contributed by atoms with Gasteiger partial charge in [0.1, 0.15) is 12.3 Å². The van der Waals surface area contributed by atoms with E-state index in [-0.39, 0.29) is 17.1 Å². The number of para-hydroxylation sites is 1. The fourth-order valence-electron chi connectivity index (χ4n) is 3.41. The highest BCUT2D eigenvalue weighted by molar-refractivity contribution is 7.92. The van der Waals surface area contributed by atoms with E-state index in [1.165, 1.54) is 37.3 Å². The summed E-state index contributed by atoms with van der Waals surface area (Å²) in [6.07, 6.45) is -4.68. The molecular weight excluding hydrogens is 481 g/mol. The normalized spacial score (nSPS) is 11.7. The average Bonchev–Trinajstić information content (AvgIpc) is 2.82. The molecule has 0 atom stereocenters. The second kappa shape index (κ2) is 10.4. The van der Waals surface area contributed by atoms with Crippen molar-refractivity contribution in [2.45, 2.75) is 24.5 Å². The molecular formula is C25H25F3N2O4S. The van der Waals surface area contributed by atoms with Crippen LogP contribution in [0.4, 0.5) is 18.9 Å². The third kappa shape index (κ3) is 6.13. The number of benzene rings is 3. The molecule has 0 N–H and O–H groups in total. The molecule has 0 unspecified atom stereocenters. The van der Waals surface area contributed by atoms with E-state index in [4.69, 9.17) is 4.74 Å². The van der Waals surface area contributed by atoms with Crippen molar-refractivity contribution in [1.29, 1.82) is 0 Å². The van der Waals surface area contributed by atoms with Gasteiger partial charge in [-0.25, -0.2) is 8.42 Å². The first-order valence-corrected chi connectivity index (χ1v) is 12.0. The molecule has 1 amide bonds. The van der Waals surface area contributed by atoms with Crippen molar-refractivity contribution in [3.05, 3.63) is 89.5 Å². The number of alkyl halides is 3. The SMILES string of the molecule is COc1ccccc1CN(C)C(=O)CN(c1cccc(C(F)(F)F)c1)S(=O)(=O)c1ccc(C)cc1. The Morgan fingerprint density at radius 2 is 1.63 bits per heavy atom. The number of carbonyl (C=O) groups is 1. The van der Waals surface area contributed by atoms with Gasteiger partial charge in [0.25, 0.3) is 10.0 Å². The predicted octanol–water partition coefficient (Wildman–Crippen LogP) is 4.88. The van der Waals surface area contributed by atoms with Crippen LogP contribution in [0.25, 0.3) is 0 Å². The zero-order valence-corrected chi connectivity index (χ0v) is 20.2. The van der Waals surface area contributed by atoms with Gasteiger partial charge < -0.3 is 9.64 Å². The topological polar surface area (TPSA) is 66.9 Å². The van der Waals surface area contributed by atoms with E-state index in [1.807, 2.05) is 0 Å².